The molecule has 0 radical (unpaired) electrons. The van der Waals surface area contributed by atoms with E-state index in [9.17, 15) is 26.3 Å². The summed E-state index contributed by atoms with van der Waals surface area (Å²) in [5.74, 6) is -10.1. The molecule has 0 bridgehead atoms. The lowest BCUT2D eigenvalue weighted by Crippen LogP contribution is -2.51. The normalized spacial score (nSPS) is 19.5. The van der Waals surface area contributed by atoms with E-state index < -0.39 is 34.8 Å². The third-order valence-corrected chi connectivity index (χ3v) is 3.69. The summed E-state index contributed by atoms with van der Waals surface area (Å²) in [4.78, 5) is 0. The second-order valence-electron chi connectivity index (χ2n) is 5.60. The lowest BCUT2D eigenvalue weighted by atomic mass is 9.87. The monoisotopic (exact) mass is 350 g/mol. The third-order valence-electron chi connectivity index (χ3n) is 3.69. The van der Waals surface area contributed by atoms with E-state index in [1.165, 1.54) is 19.1 Å². The van der Waals surface area contributed by atoms with Crippen LogP contribution >= 0.6 is 0 Å². The van der Waals surface area contributed by atoms with Gasteiger partial charge in [0.25, 0.3) is 0 Å². The average Bonchev–Trinajstić information content (AvgIpc) is 2.46. The molecule has 0 saturated heterocycles. The van der Waals surface area contributed by atoms with Gasteiger partial charge in [-0.15, -0.1) is 0 Å². The molecule has 24 heavy (non-hydrogen) atoms. The van der Waals surface area contributed by atoms with Crippen LogP contribution < -0.4 is 4.74 Å². The van der Waals surface area contributed by atoms with E-state index in [1.54, 1.807) is 6.92 Å². The van der Waals surface area contributed by atoms with Gasteiger partial charge in [0, 0.05) is 5.57 Å². The van der Waals surface area contributed by atoms with Crippen molar-refractivity contribution in [2.45, 2.75) is 44.6 Å². The molecule has 2 rings (SSSR count). The van der Waals surface area contributed by atoms with Crippen molar-refractivity contribution in [3.63, 3.8) is 0 Å². The van der Waals surface area contributed by atoms with Gasteiger partial charge in [-0.1, -0.05) is 37.1 Å². The standard InChI is InChI=1S/C17H16F6O/c1-3-4-12-7-10-14(16(20,21)15(12,18)19)17(22,23)24-13-8-5-11(2)6-9-13/h5-10H,3-4H2,1-2H3. The number of alkyl halides is 6. The van der Waals surface area contributed by atoms with Crippen LogP contribution in [0.2, 0.25) is 0 Å². The number of halogens is 6. The molecule has 0 saturated carbocycles. The molecular formula is C17H16F6O. The first kappa shape index (κ1) is 18.4. The molecule has 0 spiro atoms. The number of hydrogen-bond donors (Lipinski definition) is 0. The van der Waals surface area contributed by atoms with E-state index in [0.717, 1.165) is 17.7 Å². The maximum Gasteiger partial charge on any atom is 0.428 e. The summed E-state index contributed by atoms with van der Waals surface area (Å²) in [5, 5.41) is 0. The number of ether oxygens (including phenoxy) is 1. The fraction of sp³-hybridized carbons (Fsp3) is 0.412. The van der Waals surface area contributed by atoms with Crippen LogP contribution in [-0.2, 0) is 0 Å². The molecule has 0 N–H and O–H groups in total. The summed E-state index contributed by atoms with van der Waals surface area (Å²) in [6.45, 7) is 3.23. The lowest BCUT2D eigenvalue weighted by Gasteiger charge is -2.35. The van der Waals surface area contributed by atoms with E-state index in [1.807, 2.05) is 0 Å². The highest BCUT2D eigenvalue weighted by Gasteiger charge is 2.67. The summed E-state index contributed by atoms with van der Waals surface area (Å²) >= 11 is 0. The van der Waals surface area contributed by atoms with E-state index in [2.05, 4.69) is 4.74 Å². The molecule has 0 unspecified atom stereocenters. The second-order valence-corrected chi connectivity index (χ2v) is 5.60. The van der Waals surface area contributed by atoms with Crippen LogP contribution in [0.4, 0.5) is 26.3 Å². The predicted molar refractivity (Wildman–Crippen MR) is 77.7 cm³/mol. The van der Waals surface area contributed by atoms with Crippen molar-refractivity contribution in [3.8, 4) is 5.75 Å². The van der Waals surface area contributed by atoms with Gasteiger partial charge in [-0.3, -0.25) is 0 Å². The van der Waals surface area contributed by atoms with Crippen molar-refractivity contribution in [2.24, 2.45) is 0 Å². The Balaban J connectivity index is 2.39. The molecule has 1 aromatic rings. The van der Waals surface area contributed by atoms with Crippen molar-refractivity contribution in [3.05, 3.63) is 53.1 Å². The smallest absolute Gasteiger partial charge is 0.428 e. The first-order valence-corrected chi connectivity index (χ1v) is 7.33. The van der Waals surface area contributed by atoms with Crippen molar-refractivity contribution >= 4 is 0 Å². The zero-order valence-corrected chi connectivity index (χ0v) is 13.1. The topological polar surface area (TPSA) is 9.23 Å². The summed E-state index contributed by atoms with van der Waals surface area (Å²) in [7, 11) is 0. The Morgan fingerprint density at radius 2 is 1.54 bits per heavy atom. The van der Waals surface area contributed by atoms with Gasteiger partial charge in [-0.2, -0.15) is 26.3 Å². The highest BCUT2D eigenvalue weighted by Crippen LogP contribution is 2.52. The van der Waals surface area contributed by atoms with Crippen molar-refractivity contribution in [2.75, 3.05) is 0 Å². The van der Waals surface area contributed by atoms with E-state index in [0.29, 0.717) is 12.2 Å². The molecule has 132 valence electrons. The molecule has 1 aliphatic rings. The van der Waals surface area contributed by atoms with E-state index >= 15 is 0 Å². The fourth-order valence-electron chi connectivity index (χ4n) is 2.36. The number of aryl methyl sites for hydroxylation is 1. The molecule has 0 aromatic heterocycles. The number of rotatable bonds is 5. The summed E-state index contributed by atoms with van der Waals surface area (Å²) < 4.78 is 88.5. The summed E-state index contributed by atoms with van der Waals surface area (Å²) in [5.41, 5.74) is -2.18. The summed E-state index contributed by atoms with van der Waals surface area (Å²) in [6, 6.07) is 5.18. The van der Waals surface area contributed by atoms with E-state index in [-0.39, 0.29) is 12.8 Å². The van der Waals surface area contributed by atoms with Gasteiger partial charge in [-0.25, -0.2) is 0 Å². The lowest BCUT2D eigenvalue weighted by molar-refractivity contribution is -0.220. The minimum absolute atomic E-state index is 0.191. The molecule has 0 aliphatic heterocycles. The Kier molecular flexibility index (Phi) is 4.74. The first-order valence-electron chi connectivity index (χ1n) is 7.33. The zero-order chi connectivity index (χ0) is 18.2. The van der Waals surface area contributed by atoms with Crippen LogP contribution in [0.1, 0.15) is 25.3 Å². The maximum absolute atomic E-state index is 14.1. The quantitative estimate of drug-likeness (QED) is 0.601. The largest absolute Gasteiger partial charge is 0.429 e. The molecular weight excluding hydrogens is 334 g/mol. The average molecular weight is 350 g/mol. The van der Waals surface area contributed by atoms with Gasteiger partial charge >= 0.3 is 18.0 Å². The van der Waals surface area contributed by atoms with Gasteiger partial charge in [0.15, 0.2) is 0 Å². The molecule has 1 nitrogen and oxygen atoms in total. The molecule has 0 fully saturated rings. The van der Waals surface area contributed by atoms with Crippen LogP contribution in [0.3, 0.4) is 0 Å². The van der Waals surface area contributed by atoms with Gasteiger partial charge in [0.05, 0.1) is 0 Å². The first-order chi connectivity index (χ1) is 11.0. The number of benzene rings is 1. The molecule has 0 atom stereocenters. The third kappa shape index (κ3) is 3.16. The van der Waals surface area contributed by atoms with Crippen molar-refractivity contribution in [1.29, 1.82) is 0 Å². The second kappa shape index (κ2) is 6.18. The highest BCUT2D eigenvalue weighted by molar-refractivity contribution is 5.41. The predicted octanol–water partition coefficient (Wildman–Crippen LogP) is 5.90. The molecule has 0 heterocycles. The maximum atomic E-state index is 14.1. The Morgan fingerprint density at radius 1 is 0.958 bits per heavy atom. The minimum atomic E-state index is -5.04. The SMILES string of the molecule is CCCC1=CC=C(C(F)(F)Oc2ccc(C)cc2)C(F)(F)C1(F)F. The Labute approximate surface area is 135 Å². The van der Waals surface area contributed by atoms with Crippen LogP contribution in [0.15, 0.2) is 47.6 Å². The van der Waals surface area contributed by atoms with Crippen LogP contribution in [-0.4, -0.2) is 18.0 Å². The molecule has 1 aliphatic carbocycles. The van der Waals surface area contributed by atoms with Crippen LogP contribution in [0.25, 0.3) is 0 Å². The van der Waals surface area contributed by atoms with Gasteiger partial charge in [0.2, 0.25) is 0 Å². The Morgan fingerprint density at radius 3 is 2.08 bits per heavy atom. The zero-order valence-electron chi connectivity index (χ0n) is 13.1. The van der Waals surface area contributed by atoms with Gasteiger partial charge in [-0.05, 0) is 31.6 Å². The van der Waals surface area contributed by atoms with Gasteiger partial charge < -0.3 is 4.74 Å². The van der Waals surface area contributed by atoms with Crippen LogP contribution in [0.5, 0.6) is 5.75 Å². The van der Waals surface area contributed by atoms with E-state index in [4.69, 9.17) is 0 Å². The Bertz CT molecular complexity index is 658. The fourth-order valence-corrected chi connectivity index (χ4v) is 2.36. The number of allylic oxidation sites excluding steroid dienone is 3. The number of hydrogen-bond acceptors (Lipinski definition) is 1. The highest BCUT2D eigenvalue weighted by atomic mass is 19.3. The van der Waals surface area contributed by atoms with Gasteiger partial charge in [0.1, 0.15) is 11.3 Å². The molecule has 1 aromatic carbocycles. The molecule has 7 heteroatoms. The molecule has 0 amide bonds. The van der Waals surface area contributed by atoms with Crippen molar-refractivity contribution < 1.29 is 31.1 Å². The Hall–Kier alpha value is -1.92. The van der Waals surface area contributed by atoms with Crippen LogP contribution in [0, 0.1) is 6.92 Å². The summed E-state index contributed by atoms with van der Waals surface area (Å²) in [6.07, 6.45) is -3.73. The minimum Gasteiger partial charge on any atom is -0.429 e. The van der Waals surface area contributed by atoms with Crippen molar-refractivity contribution in [1.82, 2.24) is 0 Å².